The van der Waals surface area contributed by atoms with Crippen molar-refractivity contribution in [2.75, 3.05) is 0 Å². The molecule has 0 atom stereocenters. The highest BCUT2D eigenvalue weighted by atomic mass is 16.2. The van der Waals surface area contributed by atoms with Crippen molar-refractivity contribution in [1.29, 1.82) is 0 Å². The largest absolute Gasteiger partial charge is 0.269 e. The maximum atomic E-state index is 12.4. The van der Waals surface area contributed by atoms with Crippen molar-refractivity contribution in [2.24, 2.45) is 0 Å². The molecule has 0 saturated heterocycles. The average molecular weight is 224 g/mol. The monoisotopic (exact) mass is 224 g/mol. The summed E-state index contributed by atoms with van der Waals surface area (Å²) in [5, 5.41) is 0. The first-order chi connectivity index (χ1) is 8.36. The van der Waals surface area contributed by atoms with E-state index in [1.54, 1.807) is 4.57 Å². The first-order valence-electron chi connectivity index (χ1n) is 6.11. The van der Waals surface area contributed by atoms with Crippen LogP contribution in [-0.4, -0.2) is 15.5 Å². The molecular weight excluding hydrogens is 212 g/mol. The summed E-state index contributed by atoms with van der Waals surface area (Å²) in [4.78, 5) is 17.0. The molecule has 3 heteroatoms. The Kier molecular flexibility index (Phi) is 1.65. The lowest BCUT2D eigenvalue weighted by Crippen LogP contribution is -2.09. The smallest absolute Gasteiger partial charge is 0.260 e. The van der Waals surface area contributed by atoms with E-state index < -0.39 is 0 Å². The summed E-state index contributed by atoms with van der Waals surface area (Å²) in [6.45, 7) is 0. The number of aromatic nitrogens is 2. The Labute approximate surface area is 98.8 Å². The molecule has 2 heterocycles. The second kappa shape index (κ2) is 3.06. The fraction of sp³-hybridized carbons (Fsp3) is 0.286. The van der Waals surface area contributed by atoms with Crippen molar-refractivity contribution in [3.8, 4) is 0 Å². The van der Waals surface area contributed by atoms with Gasteiger partial charge in [0.15, 0.2) is 0 Å². The van der Waals surface area contributed by atoms with Crippen molar-refractivity contribution in [1.82, 2.24) is 9.55 Å². The van der Waals surface area contributed by atoms with Crippen LogP contribution in [0.2, 0.25) is 0 Å². The number of imidazole rings is 1. The molecule has 0 saturated carbocycles. The van der Waals surface area contributed by atoms with Crippen LogP contribution in [0.4, 0.5) is 0 Å². The normalized spacial score (nSPS) is 18.7. The molecule has 3 nitrogen and oxygen atoms in total. The van der Waals surface area contributed by atoms with E-state index >= 15 is 0 Å². The van der Waals surface area contributed by atoms with Crippen LogP contribution in [0.5, 0.6) is 0 Å². The molecule has 4 rings (SSSR count). The zero-order valence-corrected chi connectivity index (χ0v) is 9.44. The number of allylic oxidation sites excluding steroid dienone is 2. The molecule has 84 valence electrons. The third-order valence-corrected chi connectivity index (χ3v) is 3.76. The second-order valence-electron chi connectivity index (χ2n) is 4.73. The van der Waals surface area contributed by atoms with Crippen LogP contribution in [0.15, 0.2) is 29.8 Å². The van der Waals surface area contributed by atoms with E-state index in [2.05, 4.69) is 4.98 Å². The molecule has 1 aliphatic heterocycles. The number of hydrogen-bond donors (Lipinski definition) is 0. The van der Waals surface area contributed by atoms with Crippen LogP contribution < -0.4 is 0 Å². The van der Waals surface area contributed by atoms with Gasteiger partial charge in [-0.25, -0.2) is 4.98 Å². The molecule has 1 aromatic heterocycles. The first-order valence-corrected chi connectivity index (χ1v) is 6.11. The van der Waals surface area contributed by atoms with Crippen LogP contribution in [0.3, 0.4) is 0 Å². The molecule has 17 heavy (non-hydrogen) atoms. The molecule has 0 spiro atoms. The van der Waals surface area contributed by atoms with Gasteiger partial charge in [-0.2, -0.15) is 0 Å². The number of nitrogens with zero attached hydrogens (tertiary/aromatic N) is 2. The van der Waals surface area contributed by atoms with Crippen LogP contribution in [-0.2, 0) is 0 Å². The van der Waals surface area contributed by atoms with E-state index in [1.807, 2.05) is 24.3 Å². The van der Waals surface area contributed by atoms with Crippen molar-refractivity contribution >= 4 is 22.5 Å². The van der Waals surface area contributed by atoms with Gasteiger partial charge in [0, 0.05) is 11.1 Å². The summed E-state index contributed by atoms with van der Waals surface area (Å²) in [5.41, 5.74) is 4.07. The maximum Gasteiger partial charge on any atom is 0.260 e. The Morgan fingerprint density at radius 2 is 1.82 bits per heavy atom. The Balaban J connectivity index is 2.06. The molecule has 0 unspecified atom stereocenters. The SMILES string of the molecule is O=C1C2=C(CCCC2)c2nc3ccccc3n21. The van der Waals surface area contributed by atoms with E-state index in [4.69, 9.17) is 0 Å². The third kappa shape index (κ3) is 1.06. The summed E-state index contributed by atoms with van der Waals surface area (Å²) in [5.74, 6) is 1.05. The van der Waals surface area contributed by atoms with Gasteiger partial charge in [-0.3, -0.25) is 9.36 Å². The molecule has 0 N–H and O–H groups in total. The Morgan fingerprint density at radius 3 is 2.71 bits per heavy atom. The van der Waals surface area contributed by atoms with Gasteiger partial charge in [-0.15, -0.1) is 0 Å². The molecule has 0 radical (unpaired) electrons. The fourth-order valence-corrected chi connectivity index (χ4v) is 2.96. The standard InChI is InChI=1S/C14H12N2O/c17-14-10-6-2-1-5-9(10)13-15-11-7-3-4-8-12(11)16(13)14/h3-4,7-8H,1-2,5-6H2. The first kappa shape index (κ1) is 9.16. The van der Waals surface area contributed by atoms with Crippen LogP contribution >= 0.6 is 0 Å². The lowest BCUT2D eigenvalue weighted by Gasteiger charge is -2.10. The number of benzene rings is 1. The number of rotatable bonds is 0. The van der Waals surface area contributed by atoms with Crippen molar-refractivity contribution in [2.45, 2.75) is 25.7 Å². The number of hydrogen-bond acceptors (Lipinski definition) is 2. The van der Waals surface area contributed by atoms with Gasteiger partial charge in [0.2, 0.25) is 0 Å². The Bertz CT molecular complexity index is 679. The minimum absolute atomic E-state index is 0.156. The highest BCUT2D eigenvalue weighted by Gasteiger charge is 2.33. The molecule has 1 aromatic carbocycles. The van der Waals surface area contributed by atoms with E-state index in [9.17, 15) is 4.79 Å². The lowest BCUT2D eigenvalue weighted by atomic mass is 9.93. The lowest BCUT2D eigenvalue weighted by molar-refractivity contribution is 0.0961. The maximum absolute atomic E-state index is 12.4. The van der Waals surface area contributed by atoms with Crippen molar-refractivity contribution < 1.29 is 4.79 Å². The summed E-state index contributed by atoms with van der Waals surface area (Å²) < 4.78 is 1.80. The Hall–Kier alpha value is -1.90. The number of para-hydroxylation sites is 2. The third-order valence-electron chi connectivity index (χ3n) is 3.76. The average Bonchev–Trinajstić information content (AvgIpc) is 2.88. The van der Waals surface area contributed by atoms with Gasteiger partial charge in [0.05, 0.1) is 11.0 Å². The minimum Gasteiger partial charge on any atom is -0.269 e. The molecular formula is C14H12N2O. The van der Waals surface area contributed by atoms with Crippen LogP contribution in [0, 0.1) is 0 Å². The van der Waals surface area contributed by atoms with Gasteiger partial charge in [-0.05, 0) is 37.8 Å². The highest BCUT2D eigenvalue weighted by molar-refractivity contribution is 6.12. The van der Waals surface area contributed by atoms with Gasteiger partial charge in [0.1, 0.15) is 5.82 Å². The van der Waals surface area contributed by atoms with Gasteiger partial charge < -0.3 is 0 Å². The molecule has 2 aromatic rings. The zero-order valence-electron chi connectivity index (χ0n) is 9.44. The zero-order chi connectivity index (χ0) is 11.4. The molecule has 2 aliphatic rings. The predicted molar refractivity (Wildman–Crippen MR) is 65.7 cm³/mol. The topological polar surface area (TPSA) is 34.9 Å². The highest BCUT2D eigenvalue weighted by Crippen LogP contribution is 2.39. The molecule has 1 aliphatic carbocycles. The van der Waals surface area contributed by atoms with Crippen molar-refractivity contribution in [3.63, 3.8) is 0 Å². The van der Waals surface area contributed by atoms with Crippen LogP contribution in [0.1, 0.15) is 36.3 Å². The predicted octanol–water partition coefficient (Wildman–Crippen LogP) is 3.02. The van der Waals surface area contributed by atoms with Gasteiger partial charge in [0.25, 0.3) is 5.91 Å². The summed E-state index contributed by atoms with van der Waals surface area (Å²) in [6, 6.07) is 7.87. The molecule has 0 amide bonds. The minimum atomic E-state index is 0.156. The Morgan fingerprint density at radius 1 is 1.06 bits per heavy atom. The van der Waals surface area contributed by atoms with Crippen molar-refractivity contribution in [3.05, 3.63) is 35.7 Å². The van der Waals surface area contributed by atoms with Gasteiger partial charge >= 0.3 is 0 Å². The van der Waals surface area contributed by atoms with E-state index in [-0.39, 0.29) is 5.91 Å². The van der Waals surface area contributed by atoms with Crippen LogP contribution in [0.25, 0.3) is 16.6 Å². The summed E-state index contributed by atoms with van der Waals surface area (Å²) >= 11 is 0. The fourth-order valence-electron chi connectivity index (χ4n) is 2.96. The van der Waals surface area contributed by atoms with E-state index in [1.165, 1.54) is 12.0 Å². The number of carbonyl (C=O) groups is 1. The number of fused-ring (bicyclic) bond motifs is 4. The molecule has 0 fully saturated rings. The van der Waals surface area contributed by atoms with Gasteiger partial charge in [-0.1, -0.05) is 12.1 Å². The number of carbonyl (C=O) groups excluding carboxylic acids is 1. The van der Waals surface area contributed by atoms with E-state index in [0.29, 0.717) is 0 Å². The second-order valence-corrected chi connectivity index (χ2v) is 4.73. The quantitative estimate of drug-likeness (QED) is 0.689. The molecule has 0 bridgehead atoms. The summed E-state index contributed by atoms with van der Waals surface area (Å²) in [7, 11) is 0. The summed E-state index contributed by atoms with van der Waals surface area (Å²) in [6.07, 6.45) is 4.24. The van der Waals surface area contributed by atoms with E-state index in [0.717, 1.165) is 41.7 Å².